The van der Waals surface area contributed by atoms with Crippen LogP contribution in [-0.2, 0) is 11.3 Å². The summed E-state index contributed by atoms with van der Waals surface area (Å²) >= 11 is 0. The number of hydrogen-bond donors (Lipinski definition) is 0. The van der Waals surface area contributed by atoms with Gasteiger partial charge in [-0.2, -0.15) is 5.10 Å². The van der Waals surface area contributed by atoms with Crippen LogP contribution >= 0.6 is 0 Å². The van der Waals surface area contributed by atoms with Crippen molar-refractivity contribution in [3.8, 4) is 5.88 Å². The lowest BCUT2D eigenvalue weighted by molar-refractivity contribution is 0.184. The summed E-state index contributed by atoms with van der Waals surface area (Å²) in [6.07, 6.45) is 6.80. The number of hydrogen-bond acceptors (Lipinski definition) is 5. The van der Waals surface area contributed by atoms with Gasteiger partial charge in [-0.1, -0.05) is 0 Å². The molecule has 1 saturated heterocycles. The fourth-order valence-electron chi connectivity index (χ4n) is 3.05. The summed E-state index contributed by atoms with van der Waals surface area (Å²) in [5, 5.41) is 4.50. The van der Waals surface area contributed by atoms with E-state index in [0.29, 0.717) is 18.5 Å². The number of rotatable bonds is 4. The molecule has 0 bridgehead atoms. The molecule has 4 rings (SSSR count). The van der Waals surface area contributed by atoms with Crippen molar-refractivity contribution in [2.24, 2.45) is 4.99 Å². The minimum absolute atomic E-state index is 0.0780. The van der Waals surface area contributed by atoms with Crippen LogP contribution in [0.2, 0.25) is 0 Å². The van der Waals surface area contributed by atoms with E-state index in [9.17, 15) is 0 Å². The lowest BCUT2D eigenvalue weighted by Gasteiger charge is -2.13. The van der Waals surface area contributed by atoms with E-state index in [0.717, 1.165) is 42.0 Å². The summed E-state index contributed by atoms with van der Waals surface area (Å²) < 4.78 is 13.3. The van der Waals surface area contributed by atoms with Crippen molar-refractivity contribution in [1.29, 1.82) is 0 Å². The smallest absolute Gasteiger partial charge is 0.223 e. The first kappa shape index (κ1) is 14.4. The number of pyridine rings is 1. The van der Waals surface area contributed by atoms with Gasteiger partial charge in [0.1, 0.15) is 0 Å². The highest BCUT2D eigenvalue weighted by Crippen LogP contribution is 2.30. The number of aliphatic imine (C=N–C) groups is 1. The van der Waals surface area contributed by atoms with E-state index in [2.05, 4.69) is 16.3 Å². The van der Waals surface area contributed by atoms with Gasteiger partial charge < -0.3 is 9.47 Å². The van der Waals surface area contributed by atoms with Crippen molar-refractivity contribution in [2.45, 2.75) is 39.0 Å². The number of fused-ring (bicyclic) bond motifs is 1. The van der Waals surface area contributed by atoms with E-state index < -0.39 is 0 Å². The van der Waals surface area contributed by atoms with Gasteiger partial charge in [-0.25, -0.2) is 4.98 Å². The molecule has 1 atom stereocenters. The van der Waals surface area contributed by atoms with Gasteiger partial charge in [-0.15, -0.1) is 0 Å². The maximum Gasteiger partial charge on any atom is 0.223 e. The van der Waals surface area contributed by atoms with Crippen LogP contribution in [0.4, 0.5) is 0 Å². The quantitative estimate of drug-likeness (QED) is 0.869. The molecule has 6 heteroatoms. The molecule has 2 aromatic rings. The van der Waals surface area contributed by atoms with Crippen LogP contribution in [0, 0.1) is 0 Å². The Labute approximate surface area is 135 Å². The second-order valence-electron chi connectivity index (χ2n) is 6.21. The van der Waals surface area contributed by atoms with E-state index in [-0.39, 0.29) is 6.10 Å². The molecule has 0 N–H and O–H groups in total. The molecule has 120 valence electrons. The van der Waals surface area contributed by atoms with Gasteiger partial charge in [0.2, 0.25) is 5.88 Å². The molecule has 1 fully saturated rings. The Kier molecular flexibility index (Phi) is 3.61. The normalized spacial score (nSPS) is 20.0. The zero-order chi connectivity index (χ0) is 15.8. The van der Waals surface area contributed by atoms with E-state index in [1.165, 1.54) is 0 Å². The topological polar surface area (TPSA) is 61.5 Å². The lowest BCUT2D eigenvalue weighted by Crippen LogP contribution is -2.12. The van der Waals surface area contributed by atoms with E-state index in [4.69, 9.17) is 14.5 Å². The maximum atomic E-state index is 5.88. The minimum atomic E-state index is 0.0780. The molecular formula is C17H20N4O2. The van der Waals surface area contributed by atoms with E-state index in [1.807, 2.05) is 30.8 Å². The molecule has 2 aliphatic heterocycles. The Hall–Kier alpha value is -2.21. The Balaban J connectivity index is 1.68. The zero-order valence-electron chi connectivity index (χ0n) is 13.4. The molecule has 0 amide bonds. The Morgan fingerprint density at radius 3 is 3.09 bits per heavy atom. The molecule has 2 aromatic heterocycles. The first-order valence-corrected chi connectivity index (χ1v) is 8.04. The molecule has 4 heterocycles. The van der Waals surface area contributed by atoms with Crippen LogP contribution in [0.15, 0.2) is 29.6 Å². The standard InChI is InChI=1S/C17H20N4O2/c1-11(2)23-17-15-12(3-5-18-17)7-19-16(15)13-8-20-21(9-13)14-4-6-22-10-14/h3,5,8-9,11,14H,4,6-7,10H2,1-2H3. The van der Waals surface area contributed by atoms with Gasteiger partial charge in [-0.3, -0.25) is 9.67 Å². The van der Waals surface area contributed by atoms with Gasteiger partial charge in [-0.05, 0) is 31.9 Å². The summed E-state index contributed by atoms with van der Waals surface area (Å²) in [7, 11) is 0. The third-order valence-corrected chi connectivity index (χ3v) is 4.15. The highest BCUT2D eigenvalue weighted by atomic mass is 16.5. The molecule has 0 aliphatic carbocycles. The average molecular weight is 312 g/mol. The molecule has 0 spiro atoms. The van der Waals surface area contributed by atoms with Crippen LogP contribution in [-0.4, -0.2) is 39.8 Å². The SMILES string of the molecule is CC(C)Oc1nccc2c1C(c1cnn(C3CCOC3)c1)=NC2. The largest absolute Gasteiger partial charge is 0.474 e. The van der Waals surface area contributed by atoms with Crippen molar-refractivity contribution in [3.63, 3.8) is 0 Å². The van der Waals surface area contributed by atoms with Crippen molar-refractivity contribution >= 4 is 5.71 Å². The highest BCUT2D eigenvalue weighted by molar-refractivity contribution is 6.16. The molecule has 23 heavy (non-hydrogen) atoms. The number of nitrogens with zero attached hydrogens (tertiary/aromatic N) is 4. The molecule has 0 saturated carbocycles. The van der Waals surface area contributed by atoms with E-state index in [1.54, 1.807) is 6.20 Å². The van der Waals surface area contributed by atoms with Gasteiger partial charge >= 0.3 is 0 Å². The molecule has 0 aromatic carbocycles. The van der Waals surface area contributed by atoms with Gasteiger partial charge in [0, 0.05) is 24.6 Å². The summed E-state index contributed by atoms with van der Waals surface area (Å²) in [6, 6.07) is 2.33. The minimum Gasteiger partial charge on any atom is -0.474 e. The zero-order valence-corrected chi connectivity index (χ0v) is 13.4. The second-order valence-corrected chi connectivity index (χ2v) is 6.21. The Morgan fingerprint density at radius 2 is 2.30 bits per heavy atom. The molecule has 0 radical (unpaired) electrons. The fraction of sp³-hybridized carbons (Fsp3) is 0.471. The monoisotopic (exact) mass is 312 g/mol. The number of ether oxygens (including phenoxy) is 2. The fourth-order valence-corrected chi connectivity index (χ4v) is 3.05. The Bertz CT molecular complexity index is 745. The van der Waals surface area contributed by atoms with Crippen LogP contribution in [0.25, 0.3) is 0 Å². The predicted octanol–water partition coefficient (Wildman–Crippen LogP) is 2.38. The molecule has 2 aliphatic rings. The first-order valence-electron chi connectivity index (χ1n) is 8.04. The van der Waals surface area contributed by atoms with Crippen molar-refractivity contribution in [3.05, 3.63) is 41.3 Å². The summed E-state index contributed by atoms with van der Waals surface area (Å²) in [5.74, 6) is 0.658. The summed E-state index contributed by atoms with van der Waals surface area (Å²) in [4.78, 5) is 9.09. The molecule has 1 unspecified atom stereocenters. The average Bonchev–Trinajstić information content (AvgIpc) is 3.26. The third kappa shape index (κ3) is 2.63. The summed E-state index contributed by atoms with van der Waals surface area (Å²) in [6.45, 7) is 6.21. The van der Waals surface area contributed by atoms with Gasteiger partial charge in [0.15, 0.2) is 0 Å². The second kappa shape index (κ2) is 5.77. The van der Waals surface area contributed by atoms with Crippen LogP contribution in [0.5, 0.6) is 5.88 Å². The number of aromatic nitrogens is 3. The van der Waals surface area contributed by atoms with Crippen LogP contribution in [0.1, 0.15) is 43.0 Å². The lowest BCUT2D eigenvalue weighted by atomic mass is 10.0. The van der Waals surface area contributed by atoms with E-state index >= 15 is 0 Å². The third-order valence-electron chi connectivity index (χ3n) is 4.15. The Morgan fingerprint density at radius 1 is 1.39 bits per heavy atom. The predicted molar refractivity (Wildman–Crippen MR) is 86.0 cm³/mol. The van der Waals surface area contributed by atoms with Crippen molar-refractivity contribution in [2.75, 3.05) is 13.2 Å². The van der Waals surface area contributed by atoms with Gasteiger partial charge in [0.05, 0.1) is 42.8 Å². The summed E-state index contributed by atoms with van der Waals surface area (Å²) in [5.41, 5.74) is 4.09. The van der Waals surface area contributed by atoms with Crippen LogP contribution < -0.4 is 4.74 Å². The van der Waals surface area contributed by atoms with Crippen LogP contribution in [0.3, 0.4) is 0 Å². The van der Waals surface area contributed by atoms with Crippen molar-refractivity contribution in [1.82, 2.24) is 14.8 Å². The molecule has 6 nitrogen and oxygen atoms in total. The molecular weight excluding hydrogens is 292 g/mol. The first-order chi connectivity index (χ1) is 11.2. The highest BCUT2D eigenvalue weighted by Gasteiger charge is 2.26. The maximum absolute atomic E-state index is 5.88. The van der Waals surface area contributed by atoms with Gasteiger partial charge in [0.25, 0.3) is 0 Å². The van der Waals surface area contributed by atoms with Crippen molar-refractivity contribution < 1.29 is 9.47 Å².